The number of aliphatic imine (C=N–C) groups is 1. The Kier molecular flexibility index (Phi) is 10.4. The van der Waals surface area contributed by atoms with Crippen LogP contribution in [0.5, 0.6) is 5.75 Å². The summed E-state index contributed by atoms with van der Waals surface area (Å²) in [7, 11) is -4.02. The number of aliphatic hydroxyl groups is 1. The number of amidine groups is 1. The number of carbonyl (C=O) groups is 2. The Labute approximate surface area is 289 Å². The van der Waals surface area contributed by atoms with Gasteiger partial charge in [0, 0.05) is 42.7 Å². The van der Waals surface area contributed by atoms with E-state index in [-0.39, 0.29) is 69.2 Å². The number of hydrogen-bond acceptors (Lipinski definition) is 7. The maximum atomic E-state index is 13.7. The topological polar surface area (TPSA) is 129 Å². The van der Waals surface area contributed by atoms with Crippen LogP contribution in [0.1, 0.15) is 63.9 Å². The number of nitrogens with one attached hydrogen (secondary N) is 1. The molecule has 2 aromatic carbocycles. The Hall–Kier alpha value is -4.03. The summed E-state index contributed by atoms with van der Waals surface area (Å²) in [6.07, 6.45) is -8.51. The molecule has 2 amide bonds. The lowest BCUT2D eigenvalue weighted by Crippen LogP contribution is -2.50. The summed E-state index contributed by atoms with van der Waals surface area (Å²) >= 11 is 0. The quantitative estimate of drug-likeness (QED) is 0.370. The second kappa shape index (κ2) is 13.8. The van der Waals surface area contributed by atoms with E-state index in [0.29, 0.717) is 34.4 Å². The first-order valence-corrected chi connectivity index (χ1v) is 17.4. The number of nitrogens with zero attached hydrogens (tertiary/aromatic N) is 3. The molecule has 0 aromatic heterocycles. The van der Waals surface area contributed by atoms with E-state index in [1.54, 1.807) is 26.0 Å². The summed E-state index contributed by atoms with van der Waals surface area (Å²) in [4.78, 5) is 32.0. The van der Waals surface area contributed by atoms with Gasteiger partial charge in [0.1, 0.15) is 23.8 Å². The molecule has 1 spiro atoms. The van der Waals surface area contributed by atoms with E-state index in [9.17, 15) is 53.8 Å². The lowest BCUT2D eigenvalue weighted by Gasteiger charge is -2.36. The molecule has 278 valence electrons. The SMILES string of the molecule is Cc1cc(C(=O)N2CCC(O)(CF)CC2)cc(C)c1/C=C/S(=O)(=O)N1CCC2(CC1)N=C(c1ccc(OCC(F)(F)F)c(C(F)(F)F)c1)NC2=O. The number of halogens is 7. The highest BCUT2D eigenvalue weighted by Gasteiger charge is 2.48. The number of carbonyl (C=O) groups excluding carboxylic acids is 2. The maximum absolute atomic E-state index is 13.7. The molecule has 2 aromatic rings. The molecule has 18 heteroatoms. The largest absolute Gasteiger partial charge is 0.483 e. The zero-order valence-electron chi connectivity index (χ0n) is 27.5. The molecular formula is C33H35F7N4O6S. The summed E-state index contributed by atoms with van der Waals surface area (Å²) in [5.74, 6) is -2.22. The van der Waals surface area contributed by atoms with Gasteiger partial charge in [-0.15, -0.1) is 0 Å². The van der Waals surface area contributed by atoms with Crippen LogP contribution in [0.2, 0.25) is 0 Å². The minimum atomic E-state index is -5.08. The number of piperidine rings is 2. The Balaban J connectivity index is 1.26. The van der Waals surface area contributed by atoms with Crippen molar-refractivity contribution in [1.29, 1.82) is 0 Å². The average molecular weight is 749 g/mol. The van der Waals surface area contributed by atoms with Crippen molar-refractivity contribution in [2.24, 2.45) is 4.99 Å². The number of ether oxygens (including phenoxy) is 1. The number of hydrogen-bond donors (Lipinski definition) is 2. The molecule has 10 nitrogen and oxygen atoms in total. The second-order valence-corrected chi connectivity index (χ2v) is 14.8. The van der Waals surface area contributed by atoms with E-state index in [4.69, 9.17) is 0 Å². The van der Waals surface area contributed by atoms with Gasteiger partial charge < -0.3 is 20.1 Å². The number of amides is 2. The summed E-state index contributed by atoms with van der Waals surface area (Å²) < 4.78 is 124. The van der Waals surface area contributed by atoms with Gasteiger partial charge in [0.25, 0.3) is 11.8 Å². The predicted molar refractivity (Wildman–Crippen MR) is 171 cm³/mol. The fraction of sp³-hybridized carbons (Fsp3) is 0.485. The molecule has 3 aliphatic rings. The van der Waals surface area contributed by atoms with E-state index in [2.05, 4.69) is 15.0 Å². The van der Waals surface area contributed by atoms with Crippen molar-refractivity contribution in [2.45, 2.75) is 63.0 Å². The van der Waals surface area contributed by atoms with Crippen LogP contribution in [0.15, 0.2) is 40.7 Å². The van der Waals surface area contributed by atoms with Crippen LogP contribution < -0.4 is 10.1 Å². The summed E-state index contributed by atoms with van der Waals surface area (Å²) in [5, 5.41) is 13.6. The highest BCUT2D eigenvalue weighted by atomic mass is 32.2. The first kappa shape index (κ1) is 38.2. The van der Waals surface area contributed by atoms with Crippen LogP contribution in [0.3, 0.4) is 0 Å². The predicted octanol–water partition coefficient (Wildman–Crippen LogP) is 4.91. The van der Waals surface area contributed by atoms with Crippen LogP contribution in [-0.2, 0) is 21.0 Å². The Morgan fingerprint density at radius 2 is 1.61 bits per heavy atom. The fourth-order valence-corrected chi connectivity index (χ4v) is 7.50. The Morgan fingerprint density at radius 1 is 1.00 bits per heavy atom. The fourth-order valence-electron chi connectivity index (χ4n) is 6.33. The molecule has 0 bridgehead atoms. The van der Waals surface area contributed by atoms with Crippen LogP contribution in [0.25, 0.3) is 6.08 Å². The van der Waals surface area contributed by atoms with E-state index in [1.165, 1.54) is 11.0 Å². The molecule has 51 heavy (non-hydrogen) atoms. The molecule has 3 heterocycles. The van der Waals surface area contributed by atoms with Crippen molar-refractivity contribution in [2.75, 3.05) is 39.5 Å². The number of benzene rings is 2. The van der Waals surface area contributed by atoms with Crippen LogP contribution in [-0.4, -0.2) is 97.2 Å². The van der Waals surface area contributed by atoms with Crippen LogP contribution in [0.4, 0.5) is 30.7 Å². The molecule has 2 fully saturated rings. The molecular weight excluding hydrogens is 713 g/mol. The van der Waals surface area contributed by atoms with Gasteiger partial charge in [0.2, 0.25) is 10.0 Å². The van der Waals surface area contributed by atoms with Crippen molar-refractivity contribution < 1.29 is 58.6 Å². The van der Waals surface area contributed by atoms with Crippen molar-refractivity contribution in [3.8, 4) is 5.75 Å². The third-order valence-electron chi connectivity index (χ3n) is 9.32. The summed E-state index contributed by atoms with van der Waals surface area (Å²) in [6, 6.07) is 5.53. The number of alkyl halides is 7. The molecule has 0 aliphatic carbocycles. The van der Waals surface area contributed by atoms with Crippen molar-refractivity contribution in [3.05, 3.63) is 69.1 Å². The lowest BCUT2D eigenvalue weighted by atomic mass is 9.89. The summed E-state index contributed by atoms with van der Waals surface area (Å²) in [5.41, 5.74) is -2.43. The van der Waals surface area contributed by atoms with E-state index in [0.717, 1.165) is 15.8 Å². The van der Waals surface area contributed by atoms with Gasteiger partial charge in [-0.3, -0.25) is 14.6 Å². The van der Waals surface area contributed by atoms with E-state index >= 15 is 0 Å². The third kappa shape index (κ3) is 8.38. The third-order valence-corrected chi connectivity index (χ3v) is 10.9. The van der Waals surface area contributed by atoms with Gasteiger partial charge in [-0.2, -0.15) is 30.6 Å². The number of likely N-dealkylation sites (tertiary alicyclic amines) is 1. The second-order valence-electron chi connectivity index (χ2n) is 13.0. The highest BCUT2D eigenvalue weighted by molar-refractivity contribution is 7.92. The Morgan fingerprint density at radius 3 is 2.16 bits per heavy atom. The first-order valence-electron chi connectivity index (χ1n) is 15.8. The number of aryl methyl sites for hydroxylation is 2. The van der Waals surface area contributed by atoms with Gasteiger partial charge in [-0.25, -0.2) is 12.8 Å². The normalized spacial score (nSPS) is 19.8. The Bertz CT molecular complexity index is 1840. The first-order chi connectivity index (χ1) is 23.7. The molecule has 2 N–H and O–H groups in total. The van der Waals surface area contributed by atoms with Crippen molar-refractivity contribution in [1.82, 2.24) is 14.5 Å². The van der Waals surface area contributed by atoms with Crippen LogP contribution in [0, 0.1) is 13.8 Å². The molecule has 0 radical (unpaired) electrons. The van der Waals surface area contributed by atoms with Gasteiger partial charge in [-0.05, 0) is 92.6 Å². The molecule has 0 atom stereocenters. The van der Waals surface area contributed by atoms with E-state index < -0.39 is 64.0 Å². The lowest BCUT2D eigenvalue weighted by molar-refractivity contribution is -0.158. The van der Waals surface area contributed by atoms with Gasteiger partial charge in [0.05, 0.1) is 11.2 Å². The molecule has 3 aliphatic heterocycles. The molecule has 0 unspecified atom stereocenters. The maximum Gasteiger partial charge on any atom is 0.422 e. The standard InChI is InChI=1S/C33H35F7N4O6S/c1-20-15-23(28(45)43-10-6-30(47,18-34)7-11-43)16-21(2)24(20)5-14-51(48,49)44-12-8-31(9-13-44)29(46)41-27(42-31)22-3-4-26(50-19-32(35,36)37)25(17-22)33(38,39)40/h3-5,14-17,47H,6-13,18-19H2,1-2H3,(H,41,42,46)/b14-5+. The van der Waals surface area contributed by atoms with Gasteiger partial charge in [0.15, 0.2) is 6.61 Å². The van der Waals surface area contributed by atoms with Crippen LogP contribution >= 0.6 is 0 Å². The molecule has 2 saturated heterocycles. The zero-order chi connectivity index (χ0) is 37.6. The van der Waals surface area contributed by atoms with Crippen molar-refractivity contribution in [3.63, 3.8) is 0 Å². The van der Waals surface area contributed by atoms with Gasteiger partial charge >= 0.3 is 12.4 Å². The minimum Gasteiger partial charge on any atom is -0.483 e. The smallest absolute Gasteiger partial charge is 0.422 e. The van der Waals surface area contributed by atoms with Gasteiger partial charge in [-0.1, -0.05) is 0 Å². The number of rotatable bonds is 8. The zero-order valence-corrected chi connectivity index (χ0v) is 28.3. The monoisotopic (exact) mass is 748 g/mol. The van der Waals surface area contributed by atoms with Crippen molar-refractivity contribution >= 4 is 33.7 Å². The minimum absolute atomic E-state index is 0.0948. The average Bonchev–Trinajstić information content (AvgIpc) is 3.37. The molecule has 0 saturated carbocycles. The highest BCUT2D eigenvalue weighted by Crippen LogP contribution is 2.39. The number of sulfonamides is 1. The molecule has 5 rings (SSSR count). The van der Waals surface area contributed by atoms with E-state index in [1.807, 2.05) is 0 Å². The summed E-state index contributed by atoms with van der Waals surface area (Å²) in [6.45, 7) is 0.704.